The second-order valence-electron chi connectivity index (χ2n) is 3.54. The number of rotatable bonds is 3. The van der Waals surface area contributed by atoms with Crippen LogP contribution < -0.4 is 16.2 Å². The van der Waals surface area contributed by atoms with E-state index in [4.69, 9.17) is 11.5 Å². The molecule has 1 aromatic heterocycles. The first-order valence-corrected chi connectivity index (χ1v) is 5.14. The van der Waals surface area contributed by atoms with Gasteiger partial charge in [0.25, 0.3) is 0 Å². The molecule has 0 amide bonds. The number of alkyl halides is 2. The summed E-state index contributed by atoms with van der Waals surface area (Å²) in [6.07, 6.45) is 0. The van der Waals surface area contributed by atoms with E-state index in [0.29, 0.717) is 11.1 Å². The molecule has 0 radical (unpaired) electrons. The number of anilines is 2. The Bertz CT molecular complexity index is 561. The van der Waals surface area contributed by atoms with Gasteiger partial charge in [0.2, 0.25) is 0 Å². The maximum absolute atomic E-state index is 12.3. The van der Waals surface area contributed by atoms with Gasteiger partial charge in [-0.05, 0) is 18.2 Å². The predicted molar refractivity (Wildman–Crippen MR) is 65.1 cm³/mol. The average molecular weight is 251 g/mol. The summed E-state index contributed by atoms with van der Waals surface area (Å²) < 4.78 is 29.0. The van der Waals surface area contributed by atoms with Crippen LogP contribution in [0.2, 0.25) is 0 Å². The fraction of sp³-hybridized carbons (Fsp3) is 0.0833. The second-order valence-corrected chi connectivity index (χ2v) is 3.54. The van der Waals surface area contributed by atoms with Gasteiger partial charge in [-0.2, -0.15) is 8.78 Å². The third kappa shape index (κ3) is 2.48. The molecule has 0 aliphatic heterocycles. The lowest BCUT2D eigenvalue weighted by Gasteiger charge is -2.12. The number of aromatic nitrogens is 1. The minimum absolute atomic E-state index is 0.0470. The van der Waals surface area contributed by atoms with Crippen LogP contribution in [0.15, 0.2) is 36.4 Å². The second kappa shape index (κ2) is 4.87. The number of nitrogens with zero attached hydrogens (tertiary/aromatic N) is 1. The fourth-order valence-electron chi connectivity index (χ4n) is 1.61. The molecule has 0 aliphatic carbocycles. The van der Waals surface area contributed by atoms with Crippen molar-refractivity contribution in [2.45, 2.75) is 6.61 Å². The number of ether oxygens (including phenoxy) is 1. The molecule has 0 saturated heterocycles. The molecule has 4 N–H and O–H groups in total. The number of halogens is 2. The van der Waals surface area contributed by atoms with Crippen LogP contribution in [0.25, 0.3) is 11.1 Å². The summed E-state index contributed by atoms with van der Waals surface area (Å²) in [6, 6.07) is 9.53. The highest BCUT2D eigenvalue weighted by atomic mass is 19.3. The molecule has 0 saturated carbocycles. The molecule has 6 heteroatoms. The van der Waals surface area contributed by atoms with Gasteiger partial charge >= 0.3 is 6.61 Å². The van der Waals surface area contributed by atoms with Crippen molar-refractivity contribution in [2.24, 2.45) is 0 Å². The van der Waals surface area contributed by atoms with Crippen molar-refractivity contribution >= 4 is 11.6 Å². The first kappa shape index (κ1) is 12.1. The predicted octanol–water partition coefficient (Wildman–Crippen LogP) is 2.51. The Labute approximate surface area is 102 Å². The van der Waals surface area contributed by atoms with Gasteiger partial charge in [-0.25, -0.2) is 4.98 Å². The molecule has 4 nitrogen and oxygen atoms in total. The van der Waals surface area contributed by atoms with Crippen LogP contribution in [-0.4, -0.2) is 11.6 Å². The Hall–Kier alpha value is -2.37. The molecule has 94 valence electrons. The molecule has 0 atom stereocenters. The van der Waals surface area contributed by atoms with E-state index in [1.54, 1.807) is 30.3 Å². The number of nitrogens with two attached hydrogens (primary N) is 2. The molecule has 0 unspecified atom stereocenters. The summed E-state index contributed by atoms with van der Waals surface area (Å²) in [4.78, 5) is 3.88. The lowest BCUT2D eigenvalue weighted by atomic mass is 10.1. The number of nitrogen functional groups attached to an aromatic ring is 2. The van der Waals surface area contributed by atoms with E-state index in [1.165, 1.54) is 6.07 Å². The molecule has 0 aliphatic rings. The number of pyridine rings is 1. The summed E-state index contributed by atoms with van der Waals surface area (Å²) in [5.74, 6) is 0.481. The van der Waals surface area contributed by atoms with Crippen molar-refractivity contribution in [1.29, 1.82) is 0 Å². The van der Waals surface area contributed by atoms with E-state index in [2.05, 4.69) is 9.72 Å². The third-order valence-corrected chi connectivity index (χ3v) is 2.34. The molecule has 0 bridgehead atoms. The van der Waals surface area contributed by atoms with E-state index >= 15 is 0 Å². The molecule has 0 spiro atoms. The van der Waals surface area contributed by atoms with Crippen molar-refractivity contribution in [2.75, 3.05) is 11.5 Å². The number of para-hydroxylation sites is 1. The topological polar surface area (TPSA) is 74.2 Å². The third-order valence-electron chi connectivity index (χ3n) is 2.34. The molecule has 1 aromatic carbocycles. The Morgan fingerprint density at radius 1 is 1.00 bits per heavy atom. The highest BCUT2D eigenvalue weighted by molar-refractivity contribution is 5.79. The van der Waals surface area contributed by atoms with Crippen LogP contribution in [0.3, 0.4) is 0 Å². The van der Waals surface area contributed by atoms with Crippen molar-refractivity contribution in [3.63, 3.8) is 0 Å². The summed E-state index contributed by atoms with van der Waals surface area (Å²) in [6.45, 7) is -2.89. The summed E-state index contributed by atoms with van der Waals surface area (Å²) in [5, 5.41) is 0. The van der Waals surface area contributed by atoms with Crippen LogP contribution in [0.1, 0.15) is 0 Å². The first-order chi connectivity index (χ1) is 8.58. The van der Waals surface area contributed by atoms with Gasteiger partial charge < -0.3 is 16.2 Å². The van der Waals surface area contributed by atoms with Crippen LogP contribution >= 0.6 is 0 Å². The van der Waals surface area contributed by atoms with E-state index in [-0.39, 0.29) is 17.4 Å². The standard InChI is InChI=1S/C12H11F2N3O/c13-12(14)18-9-4-2-1-3-7(9)8-5-6-10(15)17-11(8)16/h1-6,12H,(H4,15,16,17). The first-order valence-electron chi connectivity index (χ1n) is 5.14. The Balaban J connectivity index is 2.49. The van der Waals surface area contributed by atoms with Gasteiger partial charge in [-0.3, -0.25) is 0 Å². The van der Waals surface area contributed by atoms with Crippen LogP contribution in [0.4, 0.5) is 20.4 Å². The van der Waals surface area contributed by atoms with E-state index in [1.807, 2.05) is 0 Å². The highest BCUT2D eigenvalue weighted by Gasteiger charge is 2.13. The Kier molecular flexibility index (Phi) is 3.27. The smallest absolute Gasteiger partial charge is 0.387 e. The molecular weight excluding hydrogens is 240 g/mol. The monoisotopic (exact) mass is 251 g/mol. The van der Waals surface area contributed by atoms with Gasteiger partial charge in [0.1, 0.15) is 17.4 Å². The SMILES string of the molecule is Nc1ccc(-c2ccccc2OC(F)F)c(N)n1. The number of benzene rings is 1. The molecule has 2 aromatic rings. The average Bonchev–Trinajstić information content (AvgIpc) is 2.30. The van der Waals surface area contributed by atoms with Crippen molar-refractivity contribution in [3.05, 3.63) is 36.4 Å². The maximum atomic E-state index is 12.3. The minimum Gasteiger partial charge on any atom is -0.434 e. The zero-order valence-corrected chi connectivity index (χ0v) is 9.31. The summed E-state index contributed by atoms with van der Waals surface area (Å²) in [5.41, 5.74) is 12.1. The number of hydrogen-bond donors (Lipinski definition) is 2. The van der Waals surface area contributed by atoms with Gasteiger partial charge in [-0.15, -0.1) is 0 Å². The van der Waals surface area contributed by atoms with Crippen molar-refractivity contribution in [3.8, 4) is 16.9 Å². The zero-order chi connectivity index (χ0) is 13.1. The quantitative estimate of drug-likeness (QED) is 0.879. The molecule has 0 fully saturated rings. The van der Waals surface area contributed by atoms with E-state index in [9.17, 15) is 8.78 Å². The Morgan fingerprint density at radius 3 is 2.39 bits per heavy atom. The van der Waals surface area contributed by atoms with Crippen LogP contribution in [0, 0.1) is 0 Å². The zero-order valence-electron chi connectivity index (χ0n) is 9.31. The minimum atomic E-state index is -2.89. The van der Waals surface area contributed by atoms with Crippen LogP contribution in [0.5, 0.6) is 5.75 Å². The highest BCUT2D eigenvalue weighted by Crippen LogP contribution is 2.33. The molecule has 1 heterocycles. The molecule has 2 rings (SSSR count). The Morgan fingerprint density at radius 2 is 1.72 bits per heavy atom. The van der Waals surface area contributed by atoms with Crippen molar-refractivity contribution < 1.29 is 13.5 Å². The fourth-order valence-corrected chi connectivity index (χ4v) is 1.61. The van der Waals surface area contributed by atoms with E-state index in [0.717, 1.165) is 0 Å². The lowest BCUT2D eigenvalue weighted by molar-refractivity contribution is -0.0494. The largest absolute Gasteiger partial charge is 0.434 e. The maximum Gasteiger partial charge on any atom is 0.387 e. The van der Waals surface area contributed by atoms with E-state index < -0.39 is 6.61 Å². The summed E-state index contributed by atoms with van der Waals surface area (Å²) >= 11 is 0. The molecular formula is C12H11F2N3O. The van der Waals surface area contributed by atoms with Crippen LogP contribution in [-0.2, 0) is 0 Å². The summed E-state index contributed by atoms with van der Waals surface area (Å²) in [7, 11) is 0. The van der Waals surface area contributed by atoms with Gasteiger partial charge in [0, 0.05) is 11.1 Å². The van der Waals surface area contributed by atoms with Gasteiger partial charge in [0.05, 0.1) is 0 Å². The normalized spacial score (nSPS) is 10.6. The van der Waals surface area contributed by atoms with Gasteiger partial charge in [0.15, 0.2) is 0 Å². The molecule has 18 heavy (non-hydrogen) atoms. The van der Waals surface area contributed by atoms with Crippen molar-refractivity contribution in [1.82, 2.24) is 4.98 Å². The number of hydrogen-bond acceptors (Lipinski definition) is 4. The van der Waals surface area contributed by atoms with Gasteiger partial charge in [-0.1, -0.05) is 18.2 Å². The lowest BCUT2D eigenvalue weighted by Crippen LogP contribution is -2.04.